The second kappa shape index (κ2) is 9.48. The Kier molecular flexibility index (Phi) is 7.33. The van der Waals surface area contributed by atoms with Crippen molar-refractivity contribution >= 4 is 11.8 Å². The van der Waals surface area contributed by atoms with Crippen molar-refractivity contribution in [3.63, 3.8) is 0 Å². The summed E-state index contributed by atoms with van der Waals surface area (Å²) in [6.07, 6.45) is 4.02. The van der Waals surface area contributed by atoms with E-state index in [-0.39, 0.29) is 24.1 Å². The van der Waals surface area contributed by atoms with Crippen molar-refractivity contribution in [2.45, 2.75) is 44.6 Å². The van der Waals surface area contributed by atoms with Crippen LogP contribution in [0.2, 0.25) is 0 Å². The highest BCUT2D eigenvalue weighted by Gasteiger charge is 2.24. The third kappa shape index (κ3) is 6.10. The van der Waals surface area contributed by atoms with Crippen LogP contribution in [0, 0.1) is 11.7 Å². The lowest BCUT2D eigenvalue weighted by atomic mass is 9.91. The third-order valence-electron chi connectivity index (χ3n) is 4.80. The molecule has 1 saturated heterocycles. The summed E-state index contributed by atoms with van der Waals surface area (Å²) in [5.74, 6) is -0.153. The molecule has 0 radical (unpaired) electrons. The van der Waals surface area contributed by atoms with Crippen LogP contribution in [0.15, 0.2) is 24.3 Å². The molecule has 7 heteroatoms. The minimum Gasteiger partial charge on any atom is -0.343 e. The van der Waals surface area contributed by atoms with E-state index in [0.717, 1.165) is 31.2 Å². The van der Waals surface area contributed by atoms with Crippen LogP contribution in [-0.2, 0) is 9.59 Å². The van der Waals surface area contributed by atoms with E-state index in [2.05, 4.69) is 0 Å². The predicted molar refractivity (Wildman–Crippen MR) is 91.0 cm³/mol. The highest BCUT2D eigenvalue weighted by Crippen LogP contribution is 2.24. The van der Waals surface area contributed by atoms with Gasteiger partial charge in [-0.1, -0.05) is 12.1 Å². The Hall–Kier alpha value is -1.99. The highest BCUT2D eigenvalue weighted by molar-refractivity contribution is 5.77. The number of rotatable bonds is 7. The first-order valence-electron chi connectivity index (χ1n) is 8.71. The zero-order valence-corrected chi connectivity index (χ0v) is 14.3. The van der Waals surface area contributed by atoms with E-state index in [1.165, 1.54) is 12.1 Å². The summed E-state index contributed by atoms with van der Waals surface area (Å²) < 4.78 is 12.9. The number of hydrogen-bond acceptors (Lipinski definition) is 4. The Morgan fingerprint density at radius 1 is 1.28 bits per heavy atom. The fraction of sp³-hybridized carbons (Fsp3) is 0.556. The van der Waals surface area contributed by atoms with Crippen molar-refractivity contribution in [1.29, 1.82) is 0 Å². The number of likely N-dealkylation sites (tertiary alicyclic amines) is 1. The molecule has 25 heavy (non-hydrogen) atoms. The van der Waals surface area contributed by atoms with Crippen LogP contribution in [0.25, 0.3) is 0 Å². The van der Waals surface area contributed by atoms with Crippen LogP contribution < -0.4 is 11.2 Å². The molecule has 1 aromatic carbocycles. The molecular formula is C18H26FN3O3. The van der Waals surface area contributed by atoms with Gasteiger partial charge < -0.3 is 10.6 Å². The van der Waals surface area contributed by atoms with Gasteiger partial charge in [-0.05, 0) is 49.3 Å². The number of nitrogens with one attached hydrogen (secondary N) is 1. The molecule has 0 aromatic heterocycles. The van der Waals surface area contributed by atoms with Crippen molar-refractivity contribution in [3.8, 4) is 0 Å². The average molecular weight is 351 g/mol. The molecule has 6 nitrogen and oxygen atoms in total. The quantitative estimate of drug-likeness (QED) is 0.518. The topological polar surface area (TPSA) is 95.7 Å². The normalized spacial score (nSPS) is 16.5. The molecule has 1 fully saturated rings. The molecule has 1 atom stereocenters. The van der Waals surface area contributed by atoms with E-state index < -0.39 is 6.04 Å². The van der Waals surface area contributed by atoms with Gasteiger partial charge in [0.25, 0.3) is 0 Å². The minimum absolute atomic E-state index is 0.0231. The molecule has 1 aliphatic heterocycles. The number of nitrogens with zero attached hydrogens (tertiary/aromatic N) is 1. The maximum absolute atomic E-state index is 12.9. The van der Waals surface area contributed by atoms with Crippen molar-refractivity contribution in [1.82, 2.24) is 10.4 Å². The lowest BCUT2D eigenvalue weighted by Crippen LogP contribution is -2.39. The first kappa shape index (κ1) is 19.3. The van der Waals surface area contributed by atoms with E-state index in [9.17, 15) is 14.0 Å². The molecule has 1 heterocycles. The van der Waals surface area contributed by atoms with Gasteiger partial charge in [0.2, 0.25) is 11.8 Å². The molecule has 1 unspecified atom stereocenters. The number of carbonyl (C=O) groups excluding carboxylic acids is 2. The summed E-state index contributed by atoms with van der Waals surface area (Å²) in [6.45, 7) is 1.40. The van der Waals surface area contributed by atoms with E-state index in [1.54, 1.807) is 17.6 Å². The van der Waals surface area contributed by atoms with E-state index >= 15 is 0 Å². The SMILES string of the molecule is NC(CC(=O)N1CCC(CCCC(=O)NO)CC1)c1ccc(F)cc1. The van der Waals surface area contributed by atoms with Crippen LogP contribution in [0.4, 0.5) is 4.39 Å². The van der Waals surface area contributed by atoms with Crippen molar-refractivity contribution in [3.05, 3.63) is 35.6 Å². The van der Waals surface area contributed by atoms with Gasteiger partial charge in [-0.25, -0.2) is 9.87 Å². The second-order valence-corrected chi connectivity index (χ2v) is 6.61. The fourth-order valence-electron chi connectivity index (χ4n) is 3.22. The molecule has 0 saturated carbocycles. The van der Waals surface area contributed by atoms with Crippen LogP contribution in [-0.4, -0.2) is 35.0 Å². The zero-order chi connectivity index (χ0) is 18.2. The molecule has 2 amide bonds. The van der Waals surface area contributed by atoms with Crippen LogP contribution >= 0.6 is 0 Å². The lowest BCUT2D eigenvalue weighted by molar-refractivity contribution is -0.133. The van der Waals surface area contributed by atoms with E-state index in [4.69, 9.17) is 10.9 Å². The molecule has 0 bridgehead atoms. The maximum Gasteiger partial charge on any atom is 0.243 e. The summed E-state index contributed by atoms with van der Waals surface area (Å²) >= 11 is 0. The van der Waals surface area contributed by atoms with Gasteiger partial charge in [-0.15, -0.1) is 0 Å². The van der Waals surface area contributed by atoms with Crippen LogP contribution in [0.3, 0.4) is 0 Å². The van der Waals surface area contributed by atoms with E-state index in [0.29, 0.717) is 25.4 Å². The van der Waals surface area contributed by atoms with Gasteiger partial charge in [0, 0.05) is 32.0 Å². The average Bonchev–Trinajstić information content (AvgIpc) is 2.62. The number of halogens is 1. The van der Waals surface area contributed by atoms with Crippen molar-refractivity contribution in [2.75, 3.05) is 13.1 Å². The van der Waals surface area contributed by atoms with E-state index in [1.807, 2.05) is 4.90 Å². The fourth-order valence-corrected chi connectivity index (χ4v) is 3.22. The maximum atomic E-state index is 12.9. The number of nitrogens with two attached hydrogens (primary N) is 1. The lowest BCUT2D eigenvalue weighted by Gasteiger charge is -2.32. The van der Waals surface area contributed by atoms with Crippen molar-refractivity contribution < 1.29 is 19.2 Å². The molecule has 2 rings (SSSR count). The molecule has 1 aromatic rings. The monoisotopic (exact) mass is 351 g/mol. The zero-order valence-electron chi connectivity index (χ0n) is 14.3. The summed E-state index contributed by atoms with van der Waals surface area (Å²) in [5, 5.41) is 8.46. The third-order valence-corrected chi connectivity index (χ3v) is 4.80. The minimum atomic E-state index is -0.428. The van der Waals surface area contributed by atoms with Gasteiger partial charge in [-0.3, -0.25) is 14.8 Å². The molecule has 1 aliphatic rings. The molecule has 0 spiro atoms. The Morgan fingerprint density at radius 3 is 2.52 bits per heavy atom. The molecule has 4 N–H and O–H groups in total. The second-order valence-electron chi connectivity index (χ2n) is 6.61. The molecule has 138 valence electrons. The number of carbonyl (C=O) groups is 2. The summed E-state index contributed by atoms with van der Waals surface area (Å²) in [7, 11) is 0. The summed E-state index contributed by atoms with van der Waals surface area (Å²) in [5.41, 5.74) is 8.45. The number of piperidine rings is 1. The highest BCUT2D eigenvalue weighted by atomic mass is 19.1. The number of benzene rings is 1. The number of hydroxylamine groups is 1. The molecule has 0 aliphatic carbocycles. The van der Waals surface area contributed by atoms with Gasteiger partial charge in [0.15, 0.2) is 0 Å². The Labute approximate surface area is 147 Å². The first-order chi connectivity index (χ1) is 12.0. The van der Waals surface area contributed by atoms with Gasteiger partial charge in [0.05, 0.1) is 0 Å². The summed E-state index contributed by atoms with van der Waals surface area (Å²) in [4.78, 5) is 25.2. The van der Waals surface area contributed by atoms with Gasteiger partial charge in [-0.2, -0.15) is 0 Å². The first-order valence-corrected chi connectivity index (χ1v) is 8.71. The largest absolute Gasteiger partial charge is 0.343 e. The smallest absolute Gasteiger partial charge is 0.243 e. The standard InChI is InChI=1S/C18H26FN3O3/c19-15-6-4-14(5-7-15)16(20)12-18(24)22-10-8-13(9-11-22)2-1-3-17(23)21-25/h4-7,13,16,25H,1-3,8-12,20H2,(H,21,23). The van der Waals surface area contributed by atoms with Gasteiger partial charge >= 0.3 is 0 Å². The Morgan fingerprint density at radius 2 is 1.92 bits per heavy atom. The van der Waals surface area contributed by atoms with Crippen molar-refractivity contribution in [2.24, 2.45) is 11.7 Å². The predicted octanol–water partition coefficient (Wildman–Crippen LogP) is 2.13. The Balaban J connectivity index is 1.71. The number of amides is 2. The van der Waals surface area contributed by atoms with Gasteiger partial charge in [0.1, 0.15) is 5.82 Å². The number of hydrogen-bond donors (Lipinski definition) is 3. The van der Waals surface area contributed by atoms with Crippen LogP contribution in [0.5, 0.6) is 0 Å². The van der Waals surface area contributed by atoms with Crippen LogP contribution in [0.1, 0.15) is 50.1 Å². The molecular weight excluding hydrogens is 325 g/mol. The Bertz CT molecular complexity index is 571. The summed E-state index contributed by atoms with van der Waals surface area (Å²) in [6, 6.07) is 5.50.